The van der Waals surface area contributed by atoms with E-state index in [4.69, 9.17) is 18.0 Å². The number of nitrogens with two attached hydrogens (primary N) is 1. The van der Waals surface area contributed by atoms with E-state index in [2.05, 4.69) is 5.32 Å². The van der Waals surface area contributed by atoms with Gasteiger partial charge >= 0.3 is 0 Å². The molecule has 0 aliphatic rings. The molecule has 1 amide bonds. The number of likely N-dealkylation sites (N-methyl/N-ethyl adjacent to an activating group) is 1. The Morgan fingerprint density at radius 2 is 2.14 bits per heavy atom. The quantitative estimate of drug-likeness (QED) is 0.754. The van der Waals surface area contributed by atoms with Crippen LogP contribution in [0.1, 0.15) is 31.9 Å². The Morgan fingerprint density at radius 1 is 1.48 bits per heavy atom. The maximum atomic E-state index is 13.3. The Bertz CT molecular complexity index is 520. The lowest BCUT2D eigenvalue weighted by molar-refractivity contribution is -0.122. The minimum absolute atomic E-state index is 0.0363. The number of hydrogen-bond donors (Lipinski definition) is 2. The lowest BCUT2D eigenvalue weighted by Gasteiger charge is -2.22. The van der Waals surface area contributed by atoms with E-state index in [9.17, 15) is 9.18 Å². The molecule has 0 saturated carbocycles. The van der Waals surface area contributed by atoms with Crippen molar-refractivity contribution in [2.75, 3.05) is 13.1 Å². The molecule has 0 fully saturated rings. The molecular weight excluding hydrogens is 289 g/mol. The fourth-order valence-electron chi connectivity index (χ4n) is 2.01. The Labute approximate surface area is 130 Å². The number of thiocarbonyl (C=S) groups is 1. The van der Waals surface area contributed by atoms with Gasteiger partial charge in [0.25, 0.3) is 0 Å². The van der Waals surface area contributed by atoms with E-state index in [1.54, 1.807) is 6.07 Å². The van der Waals surface area contributed by atoms with Gasteiger partial charge in [-0.1, -0.05) is 25.2 Å². The van der Waals surface area contributed by atoms with E-state index in [0.717, 1.165) is 5.56 Å². The second kappa shape index (κ2) is 8.05. The van der Waals surface area contributed by atoms with Gasteiger partial charge in [0, 0.05) is 18.2 Å². The first-order valence-corrected chi connectivity index (χ1v) is 7.34. The number of nitrogens with one attached hydrogen (secondary N) is 1. The number of rotatable bonds is 7. The summed E-state index contributed by atoms with van der Waals surface area (Å²) >= 11 is 4.96. The van der Waals surface area contributed by atoms with Crippen LogP contribution in [0.4, 0.5) is 4.39 Å². The number of hydrogen-bond acceptors (Lipinski definition) is 3. The molecule has 6 heteroatoms. The van der Waals surface area contributed by atoms with Crippen LogP contribution in [0.25, 0.3) is 0 Å². The molecule has 0 aliphatic heterocycles. The fraction of sp³-hybridized carbons (Fsp3) is 0.467. The highest BCUT2D eigenvalue weighted by molar-refractivity contribution is 7.80. The summed E-state index contributed by atoms with van der Waals surface area (Å²) in [4.78, 5) is 13.9. The van der Waals surface area contributed by atoms with Crippen LogP contribution in [-0.2, 0) is 11.3 Å². The summed E-state index contributed by atoms with van der Waals surface area (Å²) in [5.74, 6) is -0.409. The zero-order chi connectivity index (χ0) is 16.0. The molecule has 0 spiro atoms. The SMILES string of the molecule is CCN(CC(=O)NC(C)C)Cc1ccc(F)cc1C(N)=S. The van der Waals surface area contributed by atoms with Gasteiger partial charge in [-0.25, -0.2) is 4.39 Å². The van der Waals surface area contributed by atoms with Crippen LogP contribution in [-0.4, -0.2) is 34.9 Å². The van der Waals surface area contributed by atoms with Crippen molar-refractivity contribution in [1.82, 2.24) is 10.2 Å². The van der Waals surface area contributed by atoms with Gasteiger partial charge < -0.3 is 11.1 Å². The summed E-state index contributed by atoms with van der Waals surface area (Å²) in [5, 5.41) is 2.85. The number of carbonyl (C=O) groups excluding carboxylic acids is 1. The maximum absolute atomic E-state index is 13.3. The van der Waals surface area contributed by atoms with Gasteiger partial charge in [0.05, 0.1) is 6.54 Å². The minimum atomic E-state index is -0.373. The molecule has 0 radical (unpaired) electrons. The first-order chi connectivity index (χ1) is 9.83. The Morgan fingerprint density at radius 3 is 2.67 bits per heavy atom. The van der Waals surface area contributed by atoms with Crippen molar-refractivity contribution in [3.8, 4) is 0 Å². The summed E-state index contributed by atoms with van der Waals surface area (Å²) in [6.45, 7) is 7.27. The Balaban J connectivity index is 2.82. The molecular formula is C15H22FN3OS. The normalized spacial score (nSPS) is 11.0. The highest BCUT2D eigenvalue weighted by atomic mass is 32.1. The number of carbonyl (C=O) groups is 1. The van der Waals surface area contributed by atoms with Crippen molar-refractivity contribution in [2.24, 2.45) is 5.73 Å². The van der Waals surface area contributed by atoms with Gasteiger partial charge in [-0.3, -0.25) is 9.69 Å². The topological polar surface area (TPSA) is 58.4 Å². The molecule has 0 bridgehead atoms. The molecule has 0 unspecified atom stereocenters. The number of benzene rings is 1. The monoisotopic (exact) mass is 311 g/mol. The first-order valence-electron chi connectivity index (χ1n) is 6.93. The summed E-state index contributed by atoms with van der Waals surface area (Å²) in [6.07, 6.45) is 0. The van der Waals surface area contributed by atoms with Gasteiger partial charge in [0.2, 0.25) is 5.91 Å². The Kier molecular flexibility index (Phi) is 6.71. The molecule has 1 aromatic rings. The standard InChI is InChI=1S/C15H22FN3OS/c1-4-19(9-14(20)18-10(2)3)8-11-5-6-12(16)7-13(11)15(17)21/h5-7,10H,4,8-9H2,1-3H3,(H2,17,21)(H,18,20). The third-order valence-electron chi connectivity index (χ3n) is 3.00. The summed E-state index contributed by atoms with van der Waals surface area (Å²) in [6, 6.07) is 4.47. The van der Waals surface area contributed by atoms with E-state index in [1.165, 1.54) is 12.1 Å². The average molecular weight is 311 g/mol. The van der Waals surface area contributed by atoms with E-state index < -0.39 is 0 Å². The molecule has 1 rings (SSSR count). The number of nitrogens with zero attached hydrogens (tertiary/aromatic N) is 1. The predicted molar refractivity (Wildman–Crippen MR) is 86.5 cm³/mol. The summed E-state index contributed by atoms with van der Waals surface area (Å²) in [5.41, 5.74) is 6.98. The highest BCUT2D eigenvalue weighted by Crippen LogP contribution is 2.14. The van der Waals surface area contributed by atoms with E-state index in [1.807, 2.05) is 25.7 Å². The Hall–Kier alpha value is -1.53. The lowest BCUT2D eigenvalue weighted by Crippen LogP contribution is -2.40. The predicted octanol–water partition coefficient (Wildman–Crippen LogP) is 1.81. The van der Waals surface area contributed by atoms with Gasteiger partial charge in [0.1, 0.15) is 10.8 Å². The fourth-order valence-corrected chi connectivity index (χ4v) is 2.20. The van der Waals surface area contributed by atoms with Crippen molar-refractivity contribution in [2.45, 2.75) is 33.4 Å². The molecule has 116 valence electrons. The third-order valence-corrected chi connectivity index (χ3v) is 3.22. The second-order valence-electron chi connectivity index (χ2n) is 5.19. The van der Waals surface area contributed by atoms with Crippen LogP contribution in [0, 0.1) is 5.82 Å². The van der Waals surface area contributed by atoms with Crippen molar-refractivity contribution in [3.05, 3.63) is 35.1 Å². The van der Waals surface area contributed by atoms with E-state index >= 15 is 0 Å². The molecule has 1 aromatic carbocycles. The van der Waals surface area contributed by atoms with Gasteiger partial charge in [0.15, 0.2) is 0 Å². The molecule has 0 atom stereocenters. The summed E-state index contributed by atoms with van der Waals surface area (Å²) < 4.78 is 13.3. The zero-order valence-electron chi connectivity index (χ0n) is 12.6. The lowest BCUT2D eigenvalue weighted by atomic mass is 10.1. The van der Waals surface area contributed by atoms with Gasteiger partial charge in [-0.15, -0.1) is 0 Å². The summed E-state index contributed by atoms with van der Waals surface area (Å²) in [7, 11) is 0. The molecule has 0 aromatic heterocycles. The zero-order valence-corrected chi connectivity index (χ0v) is 13.5. The number of halogens is 1. The van der Waals surface area contributed by atoms with Gasteiger partial charge in [-0.2, -0.15) is 0 Å². The molecule has 0 aliphatic carbocycles. The first kappa shape index (κ1) is 17.5. The minimum Gasteiger partial charge on any atom is -0.389 e. The van der Waals surface area contributed by atoms with Crippen LogP contribution in [0.15, 0.2) is 18.2 Å². The molecule has 0 saturated heterocycles. The second-order valence-corrected chi connectivity index (χ2v) is 5.63. The molecule has 4 nitrogen and oxygen atoms in total. The van der Waals surface area contributed by atoms with Crippen LogP contribution in [0.3, 0.4) is 0 Å². The average Bonchev–Trinajstić information content (AvgIpc) is 2.38. The smallest absolute Gasteiger partial charge is 0.234 e. The van der Waals surface area contributed by atoms with Crippen molar-refractivity contribution in [3.63, 3.8) is 0 Å². The van der Waals surface area contributed by atoms with Crippen LogP contribution < -0.4 is 11.1 Å². The van der Waals surface area contributed by atoms with Crippen molar-refractivity contribution < 1.29 is 9.18 Å². The van der Waals surface area contributed by atoms with E-state index in [0.29, 0.717) is 18.7 Å². The molecule has 3 N–H and O–H groups in total. The van der Waals surface area contributed by atoms with E-state index in [-0.39, 0.29) is 29.3 Å². The maximum Gasteiger partial charge on any atom is 0.234 e. The van der Waals surface area contributed by atoms with Crippen LogP contribution in [0.5, 0.6) is 0 Å². The highest BCUT2D eigenvalue weighted by Gasteiger charge is 2.14. The van der Waals surface area contributed by atoms with Crippen LogP contribution in [0.2, 0.25) is 0 Å². The number of amides is 1. The largest absolute Gasteiger partial charge is 0.389 e. The van der Waals surface area contributed by atoms with Gasteiger partial charge in [-0.05, 0) is 38.1 Å². The molecule has 0 heterocycles. The van der Waals surface area contributed by atoms with Crippen molar-refractivity contribution >= 4 is 23.1 Å². The third kappa shape index (κ3) is 5.77. The molecule has 21 heavy (non-hydrogen) atoms. The van der Waals surface area contributed by atoms with Crippen LogP contribution >= 0.6 is 12.2 Å². The van der Waals surface area contributed by atoms with Crippen molar-refractivity contribution in [1.29, 1.82) is 0 Å².